The standard InChI is InChI=1S/C15H11FN6OS/c1-9-2-3-10(16)12(6-9)22-13(18-19-20-22)7-21-8-17-11-4-5-24-14(11)15(21)23/h2-6,8H,7H2,1H3. The van der Waals surface area contributed by atoms with Gasteiger partial charge in [-0.15, -0.1) is 16.4 Å². The number of thiophene rings is 1. The average molecular weight is 342 g/mol. The van der Waals surface area contributed by atoms with Crippen LogP contribution in [0.5, 0.6) is 0 Å². The van der Waals surface area contributed by atoms with Gasteiger partial charge in [0.25, 0.3) is 5.56 Å². The topological polar surface area (TPSA) is 78.5 Å². The maximum Gasteiger partial charge on any atom is 0.271 e. The van der Waals surface area contributed by atoms with Gasteiger partial charge >= 0.3 is 0 Å². The summed E-state index contributed by atoms with van der Waals surface area (Å²) in [6.07, 6.45) is 1.45. The van der Waals surface area contributed by atoms with Crippen molar-refractivity contribution in [3.05, 3.63) is 63.5 Å². The number of aryl methyl sites for hydroxylation is 1. The lowest BCUT2D eigenvalue weighted by atomic mass is 10.2. The molecule has 24 heavy (non-hydrogen) atoms. The Hall–Kier alpha value is -2.94. The van der Waals surface area contributed by atoms with Gasteiger partial charge in [-0.05, 0) is 46.5 Å². The van der Waals surface area contributed by atoms with Crippen molar-refractivity contribution in [1.29, 1.82) is 0 Å². The zero-order valence-electron chi connectivity index (χ0n) is 12.5. The van der Waals surface area contributed by atoms with Gasteiger partial charge in [0.15, 0.2) is 5.82 Å². The Morgan fingerprint density at radius 3 is 3.04 bits per heavy atom. The third-order valence-corrected chi connectivity index (χ3v) is 4.50. The van der Waals surface area contributed by atoms with E-state index in [-0.39, 0.29) is 17.8 Å². The Kier molecular flexibility index (Phi) is 3.42. The molecule has 0 saturated carbocycles. The quantitative estimate of drug-likeness (QED) is 0.568. The van der Waals surface area contributed by atoms with Gasteiger partial charge in [-0.2, -0.15) is 4.68 Å². The van der Waals surface area contributed by atoms with Crippen molar-refractivity contribution in [2.45, 2.75) is 13.5 Å². The molecule has 3 aromatic heterocycles. The van der Waals surface area contributed by atoms with Crippen LogP contribution in [0.2, 0.25) is 0 Å². The predicted molar refractivity (Wildman–Crippen MR) is 86.8 cm³/mol. The van der Waals surface area contributed by atoms with Gasteiger partial charge in [-0.3, -0.25) is 9.36 Å². The van der Waals surface area contributed by atoms with E-state index >= 15 is 0 Å². The molecule has 0 saturated heterocycles. The van der Waals surface area contributed by atoms with Gasteiger partial charge in [-0.1, -0.05) is 6.07 Å². The van der Waals surface area contributed by atoms with E-state index in [0.29, 0.717) is 16.0 Å². The summed E-state index contributed by atoms with van der Waals surface area (Å²) in [5.41, 5.74) is 1.61. The minimum Gasteiger partial charge on any atom is -0.290 e. The number of halogens is 1. The summed E-state index contributed by atoms with van der Waals surface area (Å²) < 4.78 is 17.4. The number of hydrogen-bond acceptors (Lipinski definition) is 6. The van der Waals surface area contributed by atoms with E-state index in [1.165, 1.54) is 33.0 Å². The lowest BCUT2D eigenvalue weighted by molar-refractivity contribution is 0.595. The fourth-order valence-corrected chi connectivity index (χ4v) is 3.21. The predicted octanol–water partition coefficient (Wildman–Crippen LogP) is 1.93. The molecule has 0 spiro atoms. The number of hydrogen-bond donors (Lipinski definition) is 0. The Bertz CT molecular complexity index is 1100. The summed E-state index contributed by atoms with van der Waals surface area (Å²) in [5.74, 6) is -0.0902. The Morgan fingerprint density at radius 2 is 2.17 bits per heavy atom. The third-order valence-electron chi connectivity index (χ3n) is 3.61. The smallest absolute Gasteiger partial charge is 0.271 e. The molecule has 0 radical (unpaired) electrons. The van der Waals surface area contributed by atoms with E-state index in [2.05, 4.69) is 20.5 Å². The lowest BCUT2D eigenvalue weighted by Crippen LogP contribution is -2.22. The molecule has 4 aromatic rings. The van der Waals surface area contributed by atoms with E-state index in [1.54, 1.807) is 18.2 Å². The summed E-state index contributed by atoms with van der Waals surface area (Å²) in [5, 5.41) is 13.2. The van der Waals surface area contributed by atoms with Crippen LogP contribution >= 0.6 is 11.3 Å². The molecule has 0 N–H and O–H groups in total. The van der Waals surface area contributed by atoms with E-state index in [1.807, 2.05) is 12.3 Å². The summed E-state index contributed by atoms with van der Waals surface area (Å²) in [6, 6.07) is 6.47. The second-order valence-electron chi connectivity index (χ2n) is 5.27. The van der Waals surface area contributed by atoms with Crippen LogP contribution in [-0.2, 0) is 6.54 Å². The van der Waals surface area contributed by atoms with Crippen molar-refractivity contribution in [3.63, 3.8) is 0 Å². The van der Waals surface area contributed by atoms with Crippen molar-refractivity contribution in [3.8, 4) is 5.69 Å². The largest absolute Gasteiger partial charge is 0.290 e. The highest BCUT2D eigenvalue weighted by molar-refractivity contribution is 7.17. The molecule has 0 bridgehead atoms. The molecule has 0 amide bonds. The van der Waals surface area contributed by atoms with Crippen molar-refractivity contribution in [2.24, 2.45) is 0 Å². The third kappa shape index (κ3) is 2.38. The van der Waals surface area contributed by atoms with Crippen LogP contribution < -0.4 is 5.56 Å². The highest BCUT2D eigenvalue weighted by Crippen LogP contribution is 2.16. The molecule has 1 aromatic carbocycles. The lowest BCUT2D eigenvalue weighted by Gasteiger charge is -2.08. The van der Waals surface area contributed by atoms with Crippen molar-refractivity contribution >= 4 is 21.6 Å². The highest BCUT2D eigenvalue weighted by atomic mass is 32.1. The minimum absolute atomic E-state index is 0.0973. The fourth-order valence-electron chi connectivity index (χ4n) is 2.42. The van der Waals surface area contributed by atoms with Crippen LogP contribution in [0.25, 0.3) is 15.9 Å². The first kappa shape index (κ1) is 14.6. The van der Waals surface area contributed by atoms with Gasteiger partial charge in [0, 0.05) is 0 Å². The first-order valence-electron chi connectivity index (χ1n) is 7.10. The Balaban J connectivity index is 1.78. The summed E-state index contributed by atoms with van der Waals surface area (Å²) in [4.78, 5) is 16.7. The number of nitrogens with zero attached hydrogens (tertiary/aromatic N) is 6. The van der Waals surface area contributed by atoms with Gasteiger partial charge in [0.05, 0.1) is 18.4 Å². The number of tetrazole rings is 1. The molecule has 0 unspecified atom stereocenters. The Labute approximate surface area is 139 Å². The van der Waals surface area contributed by atoms with Crippen LogP contribution in [-0.4, -0.2) is 29.8 Å². The van der Waals surface area contributed by atoms with Gasteiger partial charge in [0.2, 0.25) is 0 Å². The molecule has 0 aliphatic heterocycles. The molecule has 0 aliphatic carbocycles. The van der Waals surface area contributed by atoms with E-state index < -0.39 is 5.82 Å². The summed E-state index contributed by atoms with van der Waals surface area (Å²) in [7, 11) is 0. The summed E-state index contributed by atoms with van der Waals surface area (Å²) in [6.45, 7) is 1.95. The van der Waals surface area contributed by atoms with Crippen LogP contribution in [0.15, 0.2) is 40.8 Å². The number of benzene rings is 1. The first-order valence-corrected chi connectivity index (χ1v) is 7.98. The average Bonchev–Trinajstić information content (AvgIpc) is 3.22. The fraction of sp³-hybridized carbons (Fsp3) is 0.133. The van der Waals surface area contributed by atoms with Gasteiger partial charge < -0.3 is 0 Å². The van der Waals surface area contributed by atoms with E-state index in [0.717, 1.165) is 5.56 Å². The Morgan fingerprint density at radius 1 is 1.29 bits per heavy atom. The van der Waals surface area contributed by atoms with Crippen molar-refractivity contribution in [2.75, 3.05) is 0 Å². The zero-order valence-corrected chi connectivity index (χ0v) is 13.4. The second-order valence-corrected chi connectivity index (χ2v) is 6.19. The van der Waals surface area contributed by atoms with Gasteiger partial charge in [0.1, 0.15) is 16.2 Å². The molecule has 4 rings (SSSR count). The molecule has 120 valence electrons. The van der Waals surface area contributed by atoms with Crippen LogP contribution in [0.4, 0.5) is 4.39 Å². The number of rotatable bonds is 3. The van der Waals surface area contributed by atoms with E-state index in [4.69, 9.17) is 0 Å². The first-order chi connectivity index (χ1) is 11.6. The maximum absolute atomic E-state index is 14.1. The van der Waals surface area contributed by atoms with Crippen LogP contribution in [0, 0.1) is 12.7 Å². The molecule has 0 atom stereocenters. The number of aromatic nitrogens is 6. The van der Waals surface area contributed by atoms with Crippen molar-refractivity contribution < 1.29 is 4.39 Å². The minimum atomic E-state index is -0.437. The van der Waals surface area contributed by atoms with Crippen LogP contribution in [0.3, 0.4) is 0 Å². The molecular formula is C15H11FN6OS. The molecule has 0 fully saturated rings. The zero-order chi connectivity index (χ0) is 16.7. The second kappa shape index (κ2) is 5.60. The van der Waals surface area contributed by atoms with E-state index in [9.17, 15) is 9.18 Å². The van der Waals surface area contributed by atoms with Gasteiger partial charge in [-0.25, -0.2) is 9.37 Å². The molecule has 3 heterocycles. The monoisotopic (exact) mass is 342 g/mol. The summed E-state index contributed by atoms with van der Waals surface area (Å²) >= 11 is 1.33. The number of fused-ring (bicyclic) bond motifs is 1. The molecule has 7 nitrogen and oxygen atoms in total. The molecule has 9 heteroatoms. The maximum atomic E-state index is 14.1. The van der Waals surface area contributed by atoms with Crippen molar-refractivity contribution in [1.82, 2.24) is 29.8 Å². The molecule has 0 aliphatic rings. The normalized spacial score (nSPS) is 11.2. The SMILES string of the molecule is Cc1ccc(F)c(-n2nnnc2Cn2cnc3ccsc3c2=O)c1. The van der Waals surface area contributed by atoms with Crippen LogP contribution in [0.1, 0.15) is 11.4 Å². The highest BCUT2D eigenvalue weighted by Gasteiger charge is 2.14. The molecular weight excluding hydrogens is 331 g/mol.